The molecular formula is C16H12Cl2N2S. The average molecular weight is 335 g/mol. The van der Waals surface area contributed by atoms with Crippen LogP contribution in [0.15, 0.2) is 53.9 Å². The average Bonchev–Trinajstić information content (AvgIpc) is 2.97. The van der Waals surface area contributed by atoms with Gasteiger partial charge in [0.25, 0.3) is 0 Å². The molecular weight excluding hydrogens is 323 g/mol. The first kappa shape index (κ1) is 14.5. The van der Waals surface area contributed by atoms with Gasteiger partial charge in [0.15, 0.2) is 0 Å². The largest absolute Gasteiger partial charge is 0.318 e. The number of benzene rings is 2. The Morgan fingerprint density at radius 2 is 1.81 bits per heavy atom. The van der Waals surface area contributed by atoms with Crippen molar-refractivity contribution in [1.82, 2.24) is 4.98 Å². The van der Waals surface area contributed by atoms with Gasteiger partial charge in [-0.1, -0.05) is 53.5 Å². The number of hydrogen-bond acceptors (Lipinski definition) is 3. The van der Waals surface area contributed by atoms with E-state index in [4.69, 9.17) is 28.9 Å². The monoisotopic (exact) mass is 334 g/mol. The Hall–Kier alpha value is -1.39. The lowest BCUT2D eigenvalue weighted by Gasteiger charge is -2.08. The van der Waals surface area contributed by atoms with Gasteiger partial charge in [-0.3, -0.25) is 0 Å². The Labute approximate surface area is 137 Å². The summed E-state index contributed by atoms with van der Waals surface area (Å²) in [6.45, 7) is 0. The van der Waals surface area contributed by atoms with Crippen molar-refractivity contribution in [3.8, 4) is 11.3 Å². The van der Waals surface area contributed by atoms with E-state index in [0.29, 0.717) is 10.0 Å². The number of hydrogen-bond donors (Lipinski definition) is 1. The zero-order chi connectivity index (χ0) is 14.8. The van der Waals surface area contributed by atoms with Crippen LogP contribution < -0.4 is 5.73 Å². The Balaban J connectivity index is 1.93. The minimum absolute atomic E-state index is 0.226. The molecule has 0 aliphatic heterocycles. The Kier molecular flexibility index (Phi) is 4.27. The molecule has 3 aromatic rings. The summed E-state index contributed by atoms with van der Waals surface area (Å²) in [7, 11) is 0. The van der Waals surface area contributed by atoms with Crippen LogP contribution in [0.1, 0.15) is 16.6 Å². The van der Waals surface area contributed by atoms with Crippen LogP contribution in [-0.4, -0.2) is 4.98 Å². The van der Waals surface area contributed by atoms with E-state index in [1.165, 1.54) is 11.3 Å². The molecule has 2 N–H and O–H groups in total. The fraction of sp³-hybridized carbons (Fsp3) is 0.0625. The van der Waals surface area contributed by atoms with Gasteiger partial charge in [-0.05, 0) is 23.8 Å². The standard InChI is InChI=1S/C16H12Cl2N2S/c17-11-6-7-12(13(18)8-11)14-9-21-16(20-14)15(19)10-4-2-1-3-5-10/h1-9,15H,19H2. The molecule has 3 rings (SSSR count). The summed E-state index contributed by atoms with van der Waals surface area (Å²) < 4.78 is 0. The third-order valence-electron chi connectivity index (χ3n) is 3.15. The van der Waals surface area contributed by atoms with Gasteiger partial charge in [-0.2, -0.15) is 0 Å². The lowest BCUT2D eigenvalue weighted by atomic mass is 10.1. The molecule has 0 fully saturated rings. The second-order valence-electron chi connectivity index (χ2n) is 4.58. The minimum atomic E-state index is -0.226. The molecule has 0 bridgehead atoms. The third kappa shape index (κ3) is 3.11. The van der Waals surface area contributed by atoms with E-state index in [0.717, 1.165) is 21.8 Å². The molecule has 0 saturated carbocycles. The number of nitrogens with zero attached hydrogens (tertiary/aromatic N) is 1. The topological polar surface area (TPSA) is 38.9 Å². The first-order valence-corrected chi connectivity index (χ1v) is 8.00. The maximum absolute atomic E-state index is 6.26. The van der Waals surface area contributed by atoms with Gasteiger partial charge in [0.2, 0.25) is 0 Å². The normalized spacial score (nSPS) is 12.3. The second kappa shape index (κ2) is 6.16. The van der Waals surface area contributed by atoms with E-state index in [1.807, 2.05) is 41.8 Å². The maximum Gasteiger partial charge on any atom is 0.115 e. The van der Waals surface area contributed by atoms with Gasteiger partial charge in [0.1, 0.15) is 5.01 Å². The van der Waals surface area contributed by atoms with Crippen LogP contribution in [0.2, 0.25) is 10.0 Å². The van der Waals surface area contributed by atoms with E-state index in [-0.39, 0.29) is 6.04 Å². The molecule has 1 unspecified atom stereocenters. The molecule has 5 heteroatoms. The second-order valence-corrected chi connectivity index (χ2v) is 6.32. The Morgan fingerprint density at radius 3 is 2.52 bits per heavy atom. The molecule has 21 heavy (non-hydrogen) atoms. The summed E-state index contributed by atoms with van der Waals surface area (Å²) in [5.41, 5.74) is 8.99. The molecule has 0 radical (unpaired) electrons. The smallest absolute Gasteiger partial charge is 0.115 e. The molecule has 0 aliphatic rings. The van der Waals surface area contributed by atoms with Crippen molar-refractivity contribution in [2.24, 2.45) is 5.73 Å². The van der Waals surface area contributed by atoms with E-state index < -0.39 is 0 Å². The van der Waals surface area contributed by atoms with E-state index >= 15 is 0 Å². The third-order valence-corrected chi connectivity index (χ3v) is 4.63. The highest BCUT2D eigenvalue weighted by molar-refractivity contribution is 7.10. The SMILES string of the molecule is NC(c1ccccc1)c1nc(-c2ccc(Cl)cc2Cl)cs1. The lowest BCUT2D eigenvalue weighted by Crippen LogP contribution is -2.11. The molecule has 0 aliphatic carbocycles. The number of nitrogens with two attached hydrogens (primary N) is 1. The lowest BCUT2D eigenvalue weighted by molar-refractivity contribution is 0.859. The highest BCUT2D eigenvalue weighted by atomic mass is 35.5. The zero-order valence-corrected chi connectivity index (χ0v) is 13.3. The summed E-state index contributed by atoms with van der Waals surface area (Å²) in [4.78, 5) is 4.61. The molecule has 0 spiro atoms. The van der Waals surface area contributed by atoms with Crippen molar-refractivity contribution < 1.29 is 0 Å². The number of rotatable bonds is 3. The van der Waals surface area contributed by atoms with Crippen LogP contribution in [0.25, 0.3) is 11.3 Å². The van der Waals surface area contributed by atoms with Gasteiger partial charge in [0.05, 0.1) is 16.8 Å². The number of aromatic nitrogens is 1. The molecule has 1 heterocycles. The zero-order valence-electron chi connectivity index (χ0n) is 11.0. The Bertz CT molecular complexity index is 756. The predicted molar refractivity (Wildman–Crippen MR) is 90.0 cm³/mol. The van der Waals surface area contributed by atoms with Crippen LogP contribution in [0.3, 0.4) is 0 Å². The summed E-state index contributed by atoms with van der Waals surface area (Å²) in [5.74, 6) is 0. The fourth-order valence-corrected chi connectivity index (χ4v) is 3.41. The summed E-state index contributed by atoms with van der Waals surface area (Å²) >= 11 is 13.7. The molecule has 0 amide bonds. The van der Waals surface area contributed by atoms with Gasteiger partial charge >= 0.3 is 0 Å². The predicted octanol–water partition coefficient (Wildman–Crippen LogP) is 5.17. The van der Waals surface area contributed by atoms with E-state index in [2.05, 4.69) is 4.98 Å². The highest BCUT2D eigenvalue weighted by Crippen LogP contribution is 2.33. The van der Waals surface area contributed by atoms with Crippen LogP contribution in [-0.2, 0) is 0 Å². The van der Waals surface area contributed by atoms with Crippen molar-refractivity contribution >= 4 is 34.5 Å². The minimum Gasteiger partial charge on any atom is -0.318 e. The fourth-order valence-electron chi connectivity index (χ4n) is 2.05. The molecule has 1 aromatic heterocycles. The first-order valence-electron chi connectivity index (χ1n) is 6.36. The van der Waals surface area contributed by atoms with Crippen LogP contribution in [0, 0.1) is 0 Å². The van der Waals surface area contributed by atoms with Gasteiger partial charge < -0.3 is 5.73 Å². The van der Waals surface area contributed by atoms with Crippen molar-refractivity contribution in [1.29, 1.82) is 0 Å². The summed E-state index contributed by atoms with van der Waals surface area (Å²) in [5, 5.41) is 4.03. The molecule has 1 atom stereocenters. The van der Waals surface area contributed by atoms with Gasteiger partial charge in [-0.25, -0.2) is 4.98 Å². The summed E-state index contributed by atoms with van der Waals surface area (Å²) in [6, 6.07) is 15.1. The molecule has 0 saturated heterocycles. The van der Waals surface area contributed by atoms with Crippen molar-refractivity contribution in [2.45, 2.75) is 6.04 Å². The molecule has 2 aromatic carbocycles. The van der Waals surface area contributed by atoms with Gasteiger partial charge in [0, 0.05) is 16.0 Å². The van der Waals surface area contributed by atoms with Crippen molar-refractivity contribution in [3.05, 3.63) is 74.5 Å². The van der Waals surface area contributed by atoms with Crippen LogP contribution in [0.5, 0.6) is 0 Å². The Morgan fingerprint density at radius 1 is 1.05 bits per heavy atom. The maximum atomic E-state index is 6.26. The van der Waals surface area contributed by atoms with E-state index in [9.17, 15) is 0 Å². The van der Waals surface area contributed by atoms with E-state index in [1.54, 1.807) is 12.1 Å². The van der Waals surface area contributed by atoms with Crippen LogP contribution >= 0.6 is 34.5 Å². The molecule has 106 valence electrons. The number of thiazole rings is 1. The summed E-state index contributed by atoms with van der Waals surface area (Å²) in [6.07, 6.45) is 0. The number of halogens is 2. The molecule has 2 nitrogen and oxygen atoms in total. The quantitative estimate of drug-likeness (QED) is 0.717. The van der Waals surface area contributed by atoms with Crippen molar-refractivity contribution in [2.75, 3.05) is 0 Å². The highest BCUT2D eigenvalue weighted by Gasteiger charge is 2.15. The van der Waals surface area contributed by atoms with Gasteiger partial charge in [-0.15, -0.1) is 11.3 Å². The first-order chi connectivity index (χ1) is 10.1. The van der Waals surface area contributed by atoms with Crippen molar-refractivity contribution in [3.63, 3.8) is 0 Å². The van der Waals surface area contributed by atoms with Crippen LogP contribution in [0.4, 0.5) is 0 Å².